The van der Waals surface area contributed by atoms with E-state index >= 15 is 0 Å². The molecule has 4 rings (SSSR count). The fraction of sp³-hybridized carbons (Fsp3) is 0.105. The van der Waals surface area contributed by atoms with Crippen molar-refractivity contribution in [3.63, 3.8) is 0 Å². The number of halogens is 1. The number of rotatable bonds is 3. The lowest BCUT2D eigenvalue weighted by molar-refractivity contribution is -0.117. The molecule has 0 radical (unpaired) electrons. The van der Waals surface area contributed by atoms with Crippen LogP contribution in [0.4, 0.5) is 4.79 Å². The number of nitrogens with two attached hydrogens (primary N) is 1. The number of carbonyl (C=O) groups is 2. The van der Waals surface area contributed by atoms with Crippen LogP contribution in [0.1, 0.15) is 5.56 Å². The van der Waals surface area contributed by atoms with Crippen molar-refractivity contribution in [2.45, 2.75) is 16.3 Å². The molecular formula is C19H15ClN4O4S. The standard InChI is InChI=1S/C19H15ClN4O4S/c20-12-9-5-4-8-11(12)13-14-17(23-19(26)24-18(14)25)22-16(21)15(13)29(27,28)10-6-2-1-3-7-10/h1-9,15,17H,(H2,21,22)(H2,23,24,25,26). The molecule has 8 nitrogen and oxygen atoms in total. The maximum atomic E-state index is 13.5. The second-order valence-electron chi connectivity index (χ2n) is 6.43. The van der Waals surface area contributed by atoms with Gasteiger partial charge in [0.2, 0.25) is 0 Å². The number of hydrogen-bond acceptors (Lipinski definition) is 6. The molecule has 1 saturated heterocycles. The maximum absolute atomic E-state index is 13.5. The number of nitrogens with one attached hydrogen (secondary N) is 2. The molecule has 2 aliphatic heterocycles. The fourth-order valence-corrected chi connectivity index (χ4v) is 5.41. The van der Waals surface area contributed by atoms with E-state index in [1.807, 2.05) is 0 Å². The van der Waals surface area contributed by atoms with E-state index in [4.69, 9.17) is 17.3 Å². The highest BCUT2D eigenvalue weighted by Gasteiger charge is 2.45. The van der Waals surface area contributed by atoms with E-state index in [0.29, 0.717) is 5.56 Å². The smallest absolute Gasteiger partial charge is 0.323 e. The van der Waals surface area contributed by atoms with Gasteiger partial charge in [-0.1, -0.05) is 48.0 Å². The Morgan fingerprint density at radius 2 is 1.62 bits per heavy atom. The Hall–Kier alpha value is -3.17. The number of hydrogen-bond donors (Lipinski definition) is 3. The highest BCUT2D eigenvalue weighted by atomic mass is 35.5. The minimum atomic E-state index is -4.08. The van der Waals surface area contributed by atoms with Gasteiger partial charge in [-0.25, -0.2) is 18.2 Å². The number of imide groups is 1. The fourth-order valence-electron chi connectivity index (χ4n) is 3.43. The van der Waals surface area contributed by atoms with Gasteiger partial charge in [-0.3, -0.25) is 10.1 Å². The summed E-state index contributed by atoms with van der Waals surface area (Å²) in [5.74, 6) is -0.995. The minimum Gasteiger partial charge on any atom is -0.386 e. The Morgan fingerprint density at radius 1 is 0.966 bits per heavy atom. The summed E-state index contributed by atoms with van der Waals surface area (Å²) in [6, 6.07) is 13.5. The largest absolute Gasteiger partial charge is 0.386 e. The summed E-state index contributed by atoms with van der Waals surface area (Å²) in [5, 5.41) is 3.40. The van der Waals surface area contributed by atoms with Crippen molar-refractivity contribution in [3.8, 4) is 0 Å². The summed E-state index contributed by atoms with van der Waals surface area (Å²) in [6.07, 6.45) is -1.11. The molecule has 0 saturated carbocycles. The van der Waals surface area contributed by atoms with Gasteiger partial charge in [0.05, 0.1) is 10.5 Å². The molecule has 1 fully saturated rings. The van der Waals surface area contributed by atoms with E-state index < -0.39 is 33.2 Å². The summed E-state index contributed by atoms with van der Waals surface area (Å²) < 4.78 is 27.0. The Labute approximate surface area is 171 Å². The van der Waals surface area contributed by atoms with E-state index in [1.54, 1.807) is 42.5 Å². The van der Waals surface area contributed by atoms with Crippen molar-refractivity contribution < 1.29 is 18.0 Å². The van der Waals surface area contributed by atoms with Crippen LogP contribution in [0.25, 0.3) is 5.57 Å². The number of amides is 3. The molecule has 2 atom stereocenters. The Kier molecular flexibility index (Phi) is 4.64. The SMILES string of the molecule is NC1=NC2NC(=O)NC(=O)C2=C(c2ccccc2Cl)C1S(=O)(=O)c1ccccc1. The summed E-state index contributed by atoms with van der Waals surface area (Å²) in [5.41, 5.74) is 6.49. The van der Waals surface area contributed by atoms with E-state index in [9.17, 15) is 18.0 Å². The van der Waals surface area contributed by atoms with Gasteiger partial charge >= 0.3 is 6.03 Å². The third kappa shape index (κ3) is 3.18. The molecule has 2 aliphatic rings. The van der Waals surface area contributed by atoms with Crippen molar-refractivity contribution in [3.05, 3.63) is 70.8 Å². The zero-order chi connectivity index (χ0) is 20.8. The first-order valence-electron chi connectivity index (χ1n) is 8.53. The van der Waals surface area contributed by atoms with Crippen molar-refractivity contribution in [2.75, 3.05) is 0 Å². The van der Waals surface area contributed by atoms with Gasteiger partial charge in [0.15, 0.2) is 16.0 Å². The van der Waals surface area contributed by atoms with Crippen LogP contribution in [0.3, 0.4) is 0 Å². The first-order valence-corrected chi connectivity index (χ1v) is 10.5. The predicted octanol–water partition coefficient (Wildman–Crippen LogP) is 1.47. The number of nitrogens with zero attached hydrogens (tertiary/aromatic N) is 1. The molecule has 2 aromatic rings. The molecule has 0 spiro atoms. The van der Waals surface area contributed by atoms with Crippen LogP contribution in [0, 0.1) is 0 Å². The molecule has 0 aromatic heterocycles. The van der Waals surface area contributed by atoms with Gasteiger partial charge in [-0.2, -0.15) is 0 Å². The molecule has 3 amide bonds. The van der Waals surface area contributed by atoms with Crippen LogP contribution >= 0.6 is 11.6 Å². The monoisotopic (exact) mass is 430 g/mol. The lowest BCUT2D eigenvalue weighted by Gasteiger charge is -2.34. The molecule has 0 aliphatic carbocycles. The quantitative estimate of drug-likeness (QED) is 0.678. The van der Waals surface area contributed by atoms with Crippen LogP contribution in [-0.4, -0.2) is 37.6 Å². The topological polar surface area (TPSA) is 131 Å². The Bertz CT molecular complexity index is 1190. The van der Waals surface area contributed by atoms with E-state index in [0.717, 1.165) is 0 Å². The van der Waals surface area contributed by atoms with E-state index in [1.165, 1.54) is 12.1 Å². The minimum absolute atomic E-state index is 0.0172. The van der Waals surface area contributed by atoms with Crippen LogP contribution in [-0.2, 0) is 14.6 Å². The molecule has 10 heteroatoms. The van der Waals surface area contributed by atoms with E-state index in [2.05, 4.69) is 15.6 Å². The number of amidine groups is 1. The molecule has 2 unspecified atom stereocenters. The lowest BCUT2D eigenvalue weighted by atomic mass is 9.91. The molecule has 148 valence electrons. The maximum Gasteiger partial charge on any atom is 0.323 e. The highest BCUT2D eigenvalue weighted by Crippen LogP contribution is 2.38. The highest BCUT2D eigenvalue weighted by molar-refractivity contribution is 7.93. The number of fused-ring (bicyclic) bond motifs is 1. The number of benzene rings is 2. The van der Waals surface area contributed by atoms with Crippen molar-refractivity contribution in [2.24, 2.45) is 10.7 Å². The Balaban J connectivity index is 2.02. The van der Waals surface area contributed by atoms with Crippen LogP contribution in [0.5, 0.6) is 0 Å². The number of aliphatic imine (C=N–C) groups is 1. The number of dihydropyridines is 1. The second-order valence-corrected chi connectivity index (χ2v) is 8.87. The van der Waals surface area contributed by atoms with Gasteiger partial charge in [-0.05, 0) is 29.3 Å². The van der Waals surface area contributed by atoms with Gasteiger partial charge in [-0.15, -0.1) is 0 Å². The first-order chi connectivity index (χ1) is 13.8. The zero-order valence-electron chi connectivity index (χ0n) is 14.8. The molecule has 4 N–H and O–H groups in total. The van der Waals surface area contributed by atoms with Crippen LogP contribution in [0.2, 0.25) is 5.02 Å². The predicted molar refractivity (Wildman–Crippen MR) is 108 cm³/mol. The Morgan fingerprint density at radius 3 is 2.31 bits per heavy atom. The van der Waals surface area contributed by atoms with Gasteiger partial charge in [0.25, 0.3) is 5.91 Å². The van der Waals surface area contributed by atoms with E-state index in [-0.39, 0.29) is 26.9 Å². The summed E-state index contributed by atoms with van der Waals surface area (Å²) in [7, 11) is -4.08. The zero-order valence-corrected chi connectivity index (χ0v) is 16.4. The average Bonchev–Trinajstić information content (AvgIpc) is 2.67. The van der Waals surface area contributed by atoms with Crippen molar-refractivity contribution in [1.82, 2.24) is 10.6 Å². The third-order valence-corrected chi connectivity index (χ3v) is 7.01. The van der Waals surface area contributed by atoms with Gasteiger partial charge in [0.1, 0.15) is 11.1 Å². The second kappa shape index (κ2) is 7.02. The number of sulfone groups is 1. The molecule has 2 heterocycles. The van der Waals surface area contributed by atoms with Crippen LogP contribution in [0.15, 0.2) is 70.1 Å². The normalized spacial score (nSPS) is 21.8. The molecule has 2 aromatic carbocycles. The van der Waals surface area contributed by atoms with Crippen molar-refractivity contribution in [1.29, 1.82) is 0 Å². The lowest BCUT2D eigenvalue weighted by Crippen LogP contribution is -2.57. The van der Waals surface area contributed by atoms with Crippen LogP contribution < -0.4 is 16.4 Å². The summed E-state index contributed by atoms with van der Waals surface area (Å²) >= 11 is 6.35. The molecular weight excluding hydrogens is 416 g/mol. The number of urea groups is 1. The average molecular weight is 431 g/mol. The molecule has 0 bridgehead atoms. The van der Waals surface area contributed by atoms with Crippen molar-refractivity contribution >= 4 is 44.8 Å². The summed E-state index contributed by atoms with van der Waals surface area (Å²) in [6.45, 7) is 0. The first kappa shape index (κ1) is 19.2. The van der Waals surface area contributed by atoms with Gasteiger partial charge in [0, 0.05) is 5.02 Å². The molecule has 29 heavy (non-hydrogen) atoms. The van der Waals surface area contributed by atoms with Gasteiger partial charge < -0.3 is 11.1 Å². The third-order valence-electron chi connectivity index (χ3n) is 4.66. The summed E-state index contributed by atoms with van der Waals surface area (Å²) in [4.78, 5) is 28.5. The number of carbonyl (C=O) groups excluding carboxylic acids is 2.